The van der Waals surface area contributed by atoms with Crippen LogP contribution in [0.4, 0.5) is 28.0 Å². The van der Waals surface area contributed by atoms with Gasteiger partial charge in [-0.3, -0.25) is 9.97 Å². The van der Waals surface area contributed by atoms with Crippen LogP contribution < -0.4 is 10.6 Å². The van der Waals surface area contributed by atoms with Gasteiger partial charge in [0.2, 0.25) is 0 Å². The smallest absolute Gasteiger partial charge is 0.322 e. The van der Waals surface area contributed by atoms with Crippen LogP contribution in [0.2, 0.25) is 0 Å². The normalized spacial score (nSPS) is 13.0. The van der Waals surface area contributed by atoms with Crippen LogP contribution in [0, 0.1) is 5.82 Å². The molecule has 0 saturated heterocycles. The van der Waals surface area contributed by atoms with Crippen LogP contribution in [0.15, 0.2) is 91.4 Å². The van der Waals surface area contributed by atoms with Crippen molar-refractivity contribution >= 4 is 34.3 Å². The number of nitrogens with zero attached hydrogens (tertiary/aromatic N) is 2. The second-order valence-corrected chi connectivity index (χ2v) is 9.06. The summed E-state index contributed by atoms with van der Waals surface area (Å²) in [5.41, 5.74) is -0.648. The van der Waals surface area contributed by atoms with Gasteiger partial charge in [0.15, 0.2) is 0 Å². The molecule has 0 fully saturated rings. The topological polar surface area (TPSA) is 66.9 Å². The molecule has 4 aromatic rings. The molecule has 4 rings (SSSR count). The maximum Gasteiger partial charge on any atom is 0.416 e. The zero-order valence-corrected chi connectivity index (χ0v) is 21.4. The zero-order valence-electron chi connectivity index (χ0n) is 19.3. The summed E-state index contributed by atoms with van der Waals surface area (Å²) in [6.45, 7) is 0. The van der Waals surface area contributed by atoms with Crippen molar-refractivity contribution in [3.63, 3.8) is 0 Å². The SMILES string of the molecule is O=C(Nc1ccncc1)N[C@](Cc1ccccc1)(c1cc(F)cc(C(F)(F)F)c1)c1ccc(CI)cn1. The molecule has 0 aliphatic rings. The first-order valence-electron chi connectivity index (χ1n) is 11.1. The fraction of sp³-hybridized carbons (Fsp3) is 0.148. The lowest BCUT2D eigenvalue weighted by Gasteiger charge is -2.36. The average molecular weight is 620 g/mol. The highest BCUT2D eigenvalue weighted by Gasteiger charge is 2.41. The Hall–Kier alpha value is -3.54. The number of hydrogen-bond donors (Lipinski definition) is 2. The van der Waals surface area contributed by atoms with Crippen molar-refractivity contribution in [1.82, 2.24) is 15.3 Å². The van der Waals surface area contributed by atoms with Crippen LogP contribution in [-0.4, -0.2) is 16.0 Å². The van der Waals surface area contributed by atoms with Crippen LogP contribution in [-0.2, 0) is 22.6 Å². The average Bonchev–Trinajstić information content (AvgIpc) is 2.88. The van der Waals surface area contributed by atoms with Gasteiger partial charge in [-0.25, -0.2) is 9.18 Å². The quantitative estimate of drug-likeness (QED) is 0.135. The second kappa shape index (κ2) is 11.2. The lowest BCUT2D eigenvalue weighted by atomic mass is 9.79. The van der Waals surface area contributed by atoms with Gasteiger partial charge in [-0.2, -0.15) is 13.2 Å². The fourth-order valence-corrected chi connectivity index (χ4v) is 4.42. The maximum atomic E-state index is 14.7. The molecule has 2 amide bonds. The highest BCUT2D eigenvalue weighted by Crippen LogP contribution is 2.38. The van der Waals surface area contributed by atoms with Crippen LogP contribution in [0.5, 0.6) is 0 Å². The maximum absolute atomic E-state index is 14.7. The molecule has 0 saturated carbocycles. The van der Waals surface area contributed by atoms with Gasteiger partial charge in [0, 0.05) is 35.1 Å². The predicted octanol–water partition coefficient (Wildman–Crippen LogP) is 6.88. The Balaban J connectivity index is 1.92. The van der Waals surface area contributed by atoms with E-state index in [9.17, 15) is 22.4 Å². The van der Waals surface area contributed by atoms with Crippen LogP contribution in [0.1, 0.15) is 27.9 Å². The molecule has 2 aromatic carbocycles. The molecule has 1 atom stereocenters. The van der Waals surface area contributed by atoms with Crippen LogP contribution >= 0.6 is 22.6 Å². The summed E-state index contributed by atoms with van der Waals surface area (Å²) in [6, 6.07) is 17.0. The van der Waals surface area contributed by atoms with E-state index in [4.69, 9.17) is 0 Å². The van der Waals surface area contributed by atoms with Gasteiger partial charge in [0.1, 0.15) is 11.4 Å². The van der Waals surface area contributed by atoms with Crippen molar-refractivity contribution in [2.45, 2.75) is 22.6 Å². The van der Waals surface area contributed by atoms with Crippen LogP contribution in [0.25, 0.3) is 0 Å². The summed E-state index contributed by atoms with van der Waals surface area (Å²) in [7, 11) is 0. The van der Waals surface area contributed by atoms with Crippen molar-refractivity contribution in [2.75, 3.05) is 5.32 Å². The molecule has 2 heterocycles. The zero-order chi connectivity index (χ0) is 26.5. The van der Waals surface area contributed by atoms with E-state index in [2.05, 4.69) is 43.2 Å². The Bertz CT molecular complexity index is 1350. The van der Waals surface area contributed by atoms with Crippen molar-refractivity contribution in [2.24, 2.45) is 0 Å². The number of pyridine rings is 2. The molecular formula is C27H21F4IN4O. The van der Waals surface area contributed by atoms with Crippen molar-refractivity contribution in [3.8, 4) is 0 Å². The van der Waals surface area contributed by atoms with Crippen LogP contribution in [0.3, 0.4) is 0 Å². The minimum absolute atomic E-state index is 0.00887. The van der Waals surface area contributed by atoms with Gasteiger partial charge in [0.05, 0.1) is 11.3 Å². The number of halogens is 5. The summed E-state index contributed by atoms with van der Waals surface area (Å²) in [4.78, 5) is 21.7. The number of alkyl halides is 4. The van der Waals surface area contributed by atoms with Crippen molar-refractivity contribution in [3.05, 3.63) is 125 Å². The van der Waals surface area contributed by atoms with E-state index in [1.165, 1.54) is 12.4 Å². The monoisotopic (exact) mass is 620 g/mol. The molecule has 0 aliphatic carbocycles. The van der Waals surface area contributed by atoms with Gasteiger partial charge in [-0.1, -0.05) is 59.0 Å². The second-order valence-electron chi connectivity index (χ2n) is 8.29. The molecule has 0 radical (unpaired) electrons. The Labute approximate surface area is 224 Å². The molecule has 5 nitrogen and oxygen atoms in total. The number of carbonyl (C=O) groups is 1. The molecule has 0 spiro atoms. The number of nitrogens with one attached hydrogen (secondary N) is 2. The highest BCUT2D eigenvalue weighted by molar-refractivity contribution is 14.1. The summed E-state index contributed by atoms with van der Waals surface area (Å²) in [5.74, 6) is -1.08. The molecule has 0 aliphatic heterocycles. The summed E-state index contributed by atoms with van der Waals surface area (Å²) in [5, 5.41) is 5.50. The Morgan fingerprint density at radius 2 is 1.59 bits per heavy atom. The van der Waals surface area contributed by atoms with Gasteiger partial charge in [0.25, 0.3) is 0 Å². The van der Waals surface area contributed by atoms with E-state index in [1.54, 1.807) is 60.8 Å². The predicted molar refractivity (Wildman–Crippen MR) is 141 cm³/mol. The van der Waals surface area contributed by atoms with Gasteiger partial charge >= 0.3 is 12.2 Å². The highest BCUT2D eigenvalue weighted by atomic mass is 127. The van der Waals surface area contributed by atoms with Gasteiger partial charge in [-0.15, -0.1) is 0 Å². The molecule has 2 aromatic heterocycles. The summed E-state index contributed by atoms with van der Waals surface area (Å²) in [6.07, 6.45) is -0.228. The third kappa shape index (κ3) is 6.43. The summed E-state index contributed by atoms with van der Waals surface area (Å²) >= 11 is 2.17. The minimum Gasteiger partial charge on any atom is -0.322 e. The lowest BCUT2D eigenvalue weighted by molar-refractivity contribution is -0.137. The molecule has 0 bridgehead atoms. The Morgan fingerprint density at radius 1 is 0.892 bits per heavy atom. The van der Waals surface area contributed by atoms with Gasteiger partial charge < -0.3 is 10.6 Å². The lowest BCUT2D eigenvalue weighted by Crippen LogP contribution is -2.50. The number of anilines is 1. The number of benzene rings is 2. The molecule has 37 heavy (non-hydrogen) atoms. The number of amides is 2. The standard InChI is InChI=1S/C27H21F4IN4O/c28-22-13-20(12-21(14-22)27(29,30)31)26(15-18-4-2-1-3-5-18,24-7-6-19(16-32)17-34-24)36-25(37)35-23-8-10-33-11-9-23/h1-14,17H,15-16H2,(H2,33,35,36,37)/t26-/m1/s1. The van der Waals surface area contributed by atoms with E-state index in [0.29, 0.717) is 21.7 Å². The van der Waals surface area contributed by atoms with Crippen molar-refractivity contribution in [1.29, 1.82) is 0 Å². The summed E-state index contributed by atoms with van der Waals surface area (Å²) < 4.78 is 56.5. The first-order chi connectivity index (χ1) is 17.7. The number of carbonyl (C=O) groups excluding carboxylic acids is 1. The van der Waals surface area contributed by atoms with E-state index in [0.717, 1.165) is 17.7 Å². The molecule has 190 valence electrons. The number of rotatable bonds is 7. The first kappa shape index (κ1) is 26.5. The van der Waals surface area contributed by atoms with E-state index < -0.39 is 29.1 Å². The first-order valence-corrected chi connectivity index (χ1v) is 12.6. The molecule has 2 N–H and O–H groups in total. The molecular weight excluding hydrogens is 599 g/mol. The third-order valence-electron chi connectivity index (χ3n) is 5.71. The number of urea groups is 1. The third-order valence-corrected chi connectivity index (χ3v) is 6.59. The van der Waals surface area contributed by atoms with E-state index in [-0.39, 0.29) is 17.7 Å². The molecule has 10 heteroatoms. The Kier molecular flexibility index (Phi) is 8.06. The van der Waals surface area contributed by atoms with E-state index in [1.807, 2.05) is 0 Å². The fourth-order valence-electron chi connectivity index (χ4n) is 3.97. The van der Waals surface area contributed by atoms with Crippen molar-refractivity contribution < 1.29 is 22.4 Å². The minimum atomic E-state index is -4.80. The largest absolute Gasteiger partial charge is 0.416 e. The Morgan fingerprint density at radius 3 is 2.22 bits per heavy atom. The molecule has 0 unspecified atom stereocenters. The number of aromatic nitrogens is 2. The number of hydrogen-bond acceptors (Lipinski definition) is 3. The van der Waals surface area contributed by atoms with E-state index >= 15 is 0 Å². The van der Waals surface area contributed by atoms with Gasteiger partial charge in [-0.05, 0) is 53.1 Å².